The Morgan fingerprint density at radius 1 is 1.58 bits per heavy atom. The van der Waals surface area contributed by atoms with Crippen molar-refractivity contribution in [2.45, 2.75) is 18.6 Å². The lowest BCUT2D eigenvalue weighted by Gasteiger charge is -2.09. The van der Waals surface area contributed by atoms with Crippen molar-refractivity contribution < 1.29 is 18.0 Å². The average Bonchev–Trinajstić information content (AvgIpc) is 2.99. The Bertz CT molecular complexity index is 443. The normalized spacial score (nSPS) is 19.6. The second-order valence-electron chi connectivity index (χ2n) is 3.94. The summed E-state index contributed by atoms with van der Waals surface area (Å²) in [5, 5.41) is 7.08. The first-order chi connectivity index (χ1) is 8.97. The smallest absolute Gasteiger partial charge is 0.354 e. The fraction of sp³-hybridized carbons (Fsp3) is 0.600. The van der Waals surface area contributed by atoms with Gasteiger partial charge < -0.3 is 5.32 Å². The lowest BCUT2D eigenvalue weighted by molar-refractivity contribution is -0.140. The van der Waals surface area contributed by atoms with Gasteiger partial charge in [0.1, 0.15) is 0 Å². The first kappa shape index (κ1) is 14.6. The zero-order valence-corrected chi connectivity index (χ0v) is 11.4. The van der Waals surface area contributed by atoms with Crippen molar-refractivity contribution in [3.05, 3.63) is 16.1 Å². The maximum atomic E-state index is 12.3. The third-order valence-electron chi connectivity index (χ3n) is 2.51. The van der Waals surface area contributed by atoms with Crippen molar-refractivity contribution in [1.82, 2.24) is 15.6 Å². The van der Waals surface area contributed by atoms with Crippen molar-refractivity contribution in [2.75, 3.05) is 18.2 Å². The molecule has 1 aliphatic heterocycles. The highest BCUT2D eigenvalue weighted by Gasteiger charge is 2.33. The monoisotopic (exact) mass is 311 g/mol. The number of halogens is 3. The van der Waals surface area contributed by atoms with E-state index in [-0.39, 0.29) is 11.9 Å². The fourth-order valence-electron chi connectivity index (χ4n) is 1.54. The molecule has 0 aliphatic carbocycles. The number of nitrogens with one attached hydrogen (secondary N) is 2. The number of thiazole rings is 1. The molecule has 0 aromatic carbocycles. The summed E-state index contributed by atoms with van der Waals surface area (Å²) >= 11 is 2.60. The van der Waals surface area contributed by atoms with Crippen molar-refractivity contribution in [1.29, 1.82) is 0 Å². The van der Waals surface area contributed by atoms with Gasteiger partial charge in [-0.1, -0.05) is 0 Å². The second-order valence-corrected chi connectivity index (χ2v) is 5.91. The molecule has 2 N–H and O–H groups in total. The van der Waals surface area contributed by atoms with Gasteiger partial charge in [0.2, 0.25) is 5.91 Å². The van der Waals surface area contributed by atoms with Crippen molar-refractivity contribution in [3.63, 3.8) is 0 Å². The van der Waals surface area contributed by atoms with Crippen LogP contribution in [0.25, 0.3) is 0 Å². The summed E-state index contributed by atoms with van der Waals surface area (Å²) in [7, 11) is 0. The molecule has 1 fully saturated rings. The minimum Gasteiger partial charge on any atom is -0.354 e. The lowest BCUT2D eigenvalue weighted by atomic mass is 10.3. The number of hydrogen-bond acceptors (Lipinski definition) is 5. The number of amides is 1. The molecule has 0 bridgehead atoms. The quantitative estimate of drug-likeness (QED) is 0.884. The van der Waals surface area contributed by atoms with E-state index in [1.54, 1.807) is 11.8 Å². The van der Waals surface area contributed by atoms with Crippen LogP contribution in [0, 0.1) is 0 Å². The highest BCUT2D eigenvalue weighted by Crippen LogP contribution is 2.29. The van der Waals surface area contributed by atoms with E-state index in [1.807, 2.05) is 0 Å². The Labute approximate surface area is 116 Å². The Morgan fingerprint density at radius 2 is 2.37 bits per heavy atom. The third-order valence-corrected chi connectivity index (χ3v) is 4.36. The zero-order valence-electron chi connectivity index (χ0n) is 9.79. The largest absolute Gasteiger partial charge is 0.434 e. The number of carbonyl (C=O) groups is 1. The van der Waals surface area contributed by atoms with Crippen LogP contribution in [0.4, 0.5) is 13.2 Å². The predicted molar refractivity (Wildman–Crippen MR) is 68.1 cm³/mol. The summed E-state index contributed by atoms with van der Waals surface area (Å²) in [5.41, 5.74) is -0.868. The molecule has 1 aromatic rings. The number of nitrogens with zero attached hydrogens (tertiary/aromatic N) is 1. The first-order valence-electron chi connectivity index (χ1n) is 5.57. The van der Waals surface area contributed by atoms with Crippen molar-refractivity contribution in [2.24, 2.45) is 0 Å². The number of rotatable bonds is 4. The topological polar surface area (TPSA) is 54.0 Å². The minimum absolute atomic E-state index is 0.113. The van der Waals surface area contributed by atoms with Crippen LogP contribution < -0.4 is 10.6 Å². The van der Waals surface area contributed by atoms with E-state index in [0.29, 0.717) is 18.0 Å². The first-order valence-corrected chi connectivity index (χ1v) is 7.60. The fourth-order valence-corrected chi connectivity index (χ4v) is 3.28. The summed E-state index contributed by atoms with van der Waals surface area (Å²) in [6, 6.07) is -0.202. The maximum Gasteiger partial charge on any atom is 0.434 e. The van der Waals surface area contributed by atoms with E-state index in [0.717, 1.165) is 28.3 Å². The van der Waals surface area contributed by atoms with Crippen LogP contribution >= 0.6 is 23.1 Å². The molecule has 2 heterocycles. The standard InChI is InChI=1S/C10H12F3N3OS2/c11-10(12,13)7-4-19-8(16-7)1-2-14-9(17)6-3-18-5-15-6/h4,6,15H,1-3,5H2,(H,14,17). The molecule has 106 valence electrons. The zero-order chi connectivity index (χ0) is 13.9. The molecule has 19 heavy (non-hydrogen) atoms. The van der Waals surface area contributed by atoms with Gasteiger partial charge in [-0.25, -0.2) is 4.98 Å². The molecule has 1 aromatic heterocycles. The van der Waals surface area contributed by atoms with Gasteiger partial charge in [-0.15, -0.1) is 23.1 Å². The molecule has 9 heteroatoms. The minimum atomic E-state index is -4.40. The van der Waals surface area contributed by atoms with Crippen LogP contribution in [0.1, 0.15) is 10.7 Å². The van der Waals surface area contributed by atoms with E-state index in [2.05, 4.69) is 15.6 Å². The molecule has 0 spiro atoms. The van der Waals surface area contributed by atoms with E-state index in [1.165, 1.54) is 0 Å². The van der Waals surface area contributed by atoms with Crippen molar-refractivity contribution in [3.8, 4) is 0 Å². The van der Waals surface area contributed by atoms with E-state index in [9.17, 15) is 18.0 Å². The van der Waals surface area contributed by atoms with Crippen LogP contribution in [0.5, 0.6) is 0 Å². The van der Waals surface area contributed by atoms with Gasteiger partial charge in [0.05, 0.1) is 11.0 Å². The summed E-state index contributed by atoms with van der Waals surface area (Å²) in [5.74, 6) is 1.36. The van der Waals surface area contributed by atoms with Gasteiger partial charge in [0.25, 0.3) is 0 Å². The summed E-state index contributed by atoms with van der Waals surface area (Å²) in [6.45, 7) is 0.298. The number of thioether (sulfide) groups is 1. The highest BCUT2D eigenvalue weighted by atomic mass is 32.2. The van der Waals surface area contributed by atoms with Crippen LogP contribution in [0.15, 0.2) is 5.38 Å². The number of alkyl halides is 3. The molecule has 4 nitrogen and oxygen atoms in total. The SMILES string of the molecule is O=C(NCCc1nc(C(F)(F)F)cs1)C1CSCN1. The summed E-state index contributed by atoms with van der Waals surface area (Å²) in [6.07, 6.45) is -4.09. The molecule has 1 unspecified atom stereocenters. The molecule has 2 rings (SSSR count). The maximum absolute atomic E-state index is 12.3. The molecular formula is C10H12F3N3OS2. The number of hydrogen-bond donors (Lipinski definition) is 2. The molecule has 0 saturated carbocycles. The Kier molecular flexibility index (Phi) is 4.69. The second kappa shape index (κ2) is 6.10. The van der Waals surface area contributed by atoms with Gasteiger partial charge in [-0.2, -0.15) is 13.2 Å². The number of carbonyl (C=O) groups excluding carboxylic acids is 1. The van der Waals surface area contributed by atoms with Gasteiger partial charge in [0, 0.05) is 30.0 Å². The van der Waals surface area contributed by atoms with Gasteiger partial charge in [0.15, 0.2) is 5.69 Å². The molecule has 1 atom stereocenters. The summed E-state index contributed by atoms with van der Waals surface area (Å²) in [4.78, 5) is 15.1. The number of aromatic nitrogens is 1. The van der Waals surface area contributed by atoms with Crippen LogP contribution in [-0.4, -0.2) is 35.1 Å². The lowest BCUT2D eigenvalue weighted by Crippen LogP contribution is -2.42. The van der Waals surface area contributed by atoms with Crippen LogP contribution in [0.3, 0.4) is 0 Å². The third kappa shape index (κ3) is 4.08. The Hall–Kier alpha value is -0.800. The van der Waals surface area contributed by atoms with Gasteiger partial charge in [-0.3, -0.25) is 10.1 Å². The highest BCUT2D eigenvalue weighted by molar-refractivity contribution is 7.99. The molecule has 0 radical (unpaired) electrons. The van der Waals surface area contributed by atoms with Gasteiger partial charge >= 0.3 is 6.18 Å². The predicted octanol–water partition coefficient (Wildman–Crippen LogP) is 1.48. The average molecular weight is 311 g/mol. The Balaban J connectivity index is 1.76. The van der Waals surface area contributed by atoms with Crippen LogP contribution in [-0.2, 0) is 17.4 Å². The van der Waals surface area contributed by atoms with E-state index in [4.69, 9.17) is 0 Å². The molecule has 1 saturated heterocycles. The molecule has 1 amide bonds. The Morgan fingerprint density at radius 3 is 2.95 bits per heavy atom. The molecular weight excluding hydrogens is 299 g/mol. The van der Waals surface area contributed by atoms with Gasteiger partial charge in [-0.05, 0) is 0 Å². The van der Waals surface area contributed by atoms with Crippen LogP contribution in [0.2, 0.25) is 0 Å². The van der Waals surface area contributed by atoms with Crippen molar-refractivity contribution >= 4 is 29.0 Å². The van der Waals surface area contributed by atoms with E-state index < -0.39 is 11.9 Å². The molecule has 1 aliphatic rings. The summed E-state index contributed by atoms with van der Waals surface area (Å²) < 4.78 is 37.0. The van der Waals surface area contributed by atoms with E-state index >= 15 is 0 Å².